The summed E-state index contributed by atoms with van der Waals surface area (Å²) in [5.74, 6) is 0.963. The van der Waals surface area contributed by atoms with Crippen LogP contribution in [-0.4, -0.2) is 26.2 Å². The summed E-state index contributed by atoms with van der Waals surface area (Å²) in [5.41, 5.74) is 2.42. The second-order valence-electron chi connectivity index (χ2n) is 6.63. The molecule has 0 heterocycles. The number of hydrogen-bond donors (Lipinski definition) is 1. The van der Waals surface area contributed by atoms with Crippen LogP contribution < -0.4 is 15.0 Å². The molecule has 0 amide bonds. The summed E-state index contributed by atoms with van der Waals surface area (Å²) in [7, 11) is 0. The zero-order chi connectivity index (χ0) is 18.5. The first-order valence-corrected chi connectivity index (χ1v) is 10.1. The van der Waals surface area contributed by atoms with Crippen molar-refractivity contribution in [1.82, 2.24) is 0 Å². The van der Waals surface area contributed by atoms with E-state index in [1.165, 1.54) is 31.4 Å². The van der Waals surface area contributed by atoms with Gasteiger partial charge in [-0.25, -0.2) is 0 Å². The number of rotatable bonds is 13. The Balaban J connectivity index is 1.67. The molecule has 0 aliphatic carbocycles. The molecule has 0 spiro atoms. The monoisotopic (exact) mass is 354 g/mol. The predicted octanol–water partition coefficient (Wildman–Crippen LogP) is 5.97. The van der Waals surface area contributed by atoms with Gasteiger partial charge in [0.1, 0.15) is 5.75 Å². The predicted molar refractivity (Wildman–Crippen MR) is 114 cm³/mol. The van der Waals surface area contributed by atoms with Crippen LogP contribution in [0.2, 0.25) is 0 Å². The summed E-state index contributed by atoms with van der Waals surface area (Å²) in [6, 6.07) is 18.9. The van der Waals surface area contributed by atoms with Crippen LogP contribution in [0.3, 0.4) is 0 Å². The van der Waals surface area contributed by atoms with Gasteiger partial charge in [-0.3, -0.25) is 0 Å². The Labute approximate surface area is 159 Å². The van der Waals surface area contributed by atoms with E-state index in [0.29, 0.717) is 0 Å². The quantitative estimate of drug-likeness (QED) is 0.448. The Morgan fingerprint density at radius 2 is 1.58 bits per heavy atom. The van der Waals surface area contributed by atoms with E-state index in [1.807, 2.05) is 0 Å². The van der Waals surface area contributed by atoms with E-state index in [0.717, 1.165) is 44.1 Å². The highest BCUT2D eigenvalue weighted by atomic mass is 16.5. The minimum Gasteiger partial charge on any atom is -0.494 e. The number of benzene rings is 2. The maximum atomic E-state index is 5.82. The maximum absolute atomic E-state index is 5.82. The Hall–Kier alpha value is -2.16. The van der Waals surface area contributed by atoms with Crippen molar-refractivity contribution in [3.05, 3.63) is 54.6 Å². The lowest BCUT2D eigenvalue weighted by atomic mass is 10.2. The van der Waals surface area contributed by atoms with Crippen LogP contribution in [0.25, 0.3) is 0 Å². The third kappa shape index (κ3) is 7.38. The number of likely N-dealkylation sites (N-methyl/N-ethyl adjacent to an activating group) is 1. The van der Waals surface area contributed by atoms with E-state index in [-0.39, 0.29) is 0 Å². The molecule has 3 nitrogen and oxygen atoms in total. The molecule has 0 saturated carbocycles. The molecule has 0 bridgehead atoms. The molecule has 3 heteroatoms. The van der Waals surface area contributed by atoms with Crippen molar-refractivity contribution >= 4 is 11.4 Å². The number of unbranched alkanes of at least 4 members (excludes halogenated alkanes) is 4. The minimum absolute atomic E-state index is 0.818. The smallest absolute Gasteiger partial charge is 0.119 e. The van der Waals surface area contributed by atoms with Crippen molar-refractivity contribution in [3.8, 4) is 5.75 Å². The fourth-order valence-electron chi connectivity index (χ4n) is 3.01. The second kappa shape index (κ2) is 12.2. The van der Waals surface area contributed by atoms with Gasteiger partial charge >= 0.3 is 0 Å². The summed E-state index contributed by atoms with van der Waals surface area (Å²) >= 11 is 0. The van der Waals surface area contributed by atoms with Crippen LogP contribution in [0.1, 0.15) is 46.0 Å². The van der Waals surface area contributed by atoms with Crippen LogP contribution in [0.15, 0.2) is 54.6 Å². The van der Waals surface area contributed by atoms with Gasteiger partial charge in [0.25, 0.3) is 0 Å². The standard InChI is InChI=1S/C23H34N2O/c1-3-5-6-7-11-20-26-23-16-14-21(15-17-23)24-18-19-25(4-2)22-12-9-8-10-13-22/h8-10,12-17,24H,3-7,11,18-20H2,1-2H3. The highest BCUT2D eigenvalue weighted by Gasteiger charge is 2.03. The van der Waals surface area contributed by atoms with Gasteiger partial charge in [0.15, 0.2) is 0 Å². The summed E-state index contributed by atoms with van der Waals surface area (Å²) in [5, 5.41) is 3.50. The number of para-hydroxylation sites is 1. The molecule has 26 heavy (non-hydrogen) atoms. The highest BCUT2D eigenvalue weighted by molar-refractivity contribution is 5.48. The molecule has 0 aliphatic rings. The van der Waals surface area contributed by atoms with E-state index < -0.39 is 0 Å². The zero-order valence-corrected chi connectivity index (χ0v) is 16.4. The van der Waals surface area contributed by atoms with Crippen molar-refractivity contribution in [3.63, 3.8) is 0 Å². The SMILES string of the molecule is CCCCCCCOc1ccc(NCCN(CC)c2ccccc2)cc1. The normalized spacial score (nSPS) is 10.5. The number of hydrogen-bond acceptors (Lipinski definition) is 3. The lowest BCUT2D eigenvalue weighted by Crippen LogP contribution is -2.28. The van der Waals surface area contributed by atoms with Crippen LogP contribution in [-0.2, 0) is 0 Å². The Kier molecular flexibility index (Phi) is 9.48. The van der Waals surface area contributed by atoms with Gasteiger partial charge in [0.05, 0.1) is 6.61 Å². The van der Waals surface area contributed by atoms with Crippen LogP contribution in [0.5, 0.6) is 5.75 Å². The first kappa shape index (κ1) is 20.2. The highest BCUT2D eigenvalue weighted by Crippen LogP contribution is 2.17. The molecule has 2 aromatic rings. The Morgan fingerprint density at radius 1 is 0.846 bits per heavy atom. The van der Waals surface area contributed by atoms with E-state index in [4.69, 9.17) is 4.74 Å². The van der Waals surface area contributed by atoms with Crippen LogP contribution in [0, 0.1) is 0 Å². The molecule has 142 valence electrons. The van der Waals surface area contributed by atoms with Crippen molar-refractivity contribution < 1.29 is 4.74 Å². The topological polar surface area (TPSA) is 24.5 Å². The lowest BCUT2D eigenvalue weighted by molar-refractivity contribution is 0.304. The van der Waals surface area contributed by atoms with Crippen LogP contribution in [0.4, 0.5) is 11.4 Å². The van der Waals surface area contributed by atoms with E-state index >= 15 is 0 Å². The molecular weight excluding hydrogens is 320 g/mol. The zero-order valence-electron chi connectivity index (χ0n) is 16.4. The van der Waals surface area contributed by atoms with Gasteiger partial charge in [-0.15, -0.1) is 0 Å². The summed E-state index contributed by atoms with van der Waals surface area (Å²) in [4.78, 5) is 2.38. The number of nitrogens with zero attached hydrogens (tertiary/aromatic N) is 1. The Morgan fingerprint density at radius 3 is 2.27 bits per heavy atom. The van der Waals surface area contributed by atoms with Gasteiger partial charge in [-0.2, -0.15) is 0 Å². The molecule has 0 fully saturated rings. The third-order valence-corrected chi connectivity index (χ3v) is 4.58. The van der Waals surface area contributed by atoms with Gasteiger partial charge in [-0.05, 0) is 49.7 Å². The number of anilines is 2. The van der Waals surface area contributed by atoms with Crippen molar-refractivity contribution in [2.45, 2.75) is 46.0 Å². The van der Waals surface area contributed by atoms with Gasteiger partial charge in [0, 0.05) is 31.0 Å². The molecule has 0 aliphatic heterocycles. The molecule has 0 saturated heterocycles. The third-order valence-electron chi connectivity index (χ3n) is 4.58. The van der Waals surface area contributed by atoms with Crippen LogP contribution >= 0.6 is 0 Å². The fraction of sp³-hybridized carbons (Fsp3) is 0.478. The van der Waals surface area contributed by atoms with Gasteiger partial charge < -0.3 is 15.0 Å². The van der Waals surface area contributed by atoms with E-state index in [2.05, 4.69) is 78.7 Å². The van der Waals surface area contributed by atoms with Crippen molar-refractivity contribution in [2.24, 2.45) is 0 Å². The van der Waals surface area contributed by atoms with Gasteiger partial charge in [0.2, 0.25) is 0 Å². The average Bonchev–Trinajstić information content (AvgIpc) is 2.70. The Bertz CT molecular complexity index is 583. The largest absolute Gasteiger partial charge is 0.494 e. The first-order chi connectivity index (χ1) is 12.8. The summed E-state index contributed by atoms with van der Waals surface area (Å²) < 4.78 is 5.82. The maximum Gasteiger partial charge on any atom is 0.119 e. The molecular formula is C23H34N2O. The first-order valence-electron chi connectivity index (χ1n) is 10.1. The molecule has 2 aromatic carbocycles. The number of ether oxygens (including phenoxy) is 1. The fourth-order valence-corrected chi connectivity index (χ4v) is 3.01. The molecule has 0 radical (unpaired) electrons. The molecule has 2 rings (SSSR count). The number of nitrogens with one attached hydrogen (secondary N) is 1. The minimum atomic E-state index is 0.818. The lowest BCUT2D eigenvalue weighted by Gasteiger charge is -2.23. The van der Waals surface area contributed by atoms with E-state index in [1.54, 1.807) is 0 Å². The molecule has 0 unspecified atom stereocenters. The summed E-state index contributed by atoms with van der Waals surface area (Å²) in [6.07, 6.45) is 6.35. The van der Waals surface area contributed by atoms with Crippen molar-refractivity contribution in [2.75, 3.05) is 36.5 Å². The summed E-state index contributed by atoms with van der Waals surface area (Å²) in [6.45, 7) is 8.17. The molecule has 0 aromatic heterocycles. The van der Waals surface area contributed by atoms with Gasteiger partial charge in [-0.1, -0.05) is 50.8 Å². The van der Waals surface area contributed by atoms with Crippen molar-refractivity contribution in [1.29, 1.82) is 0 Å². The molecule has 1 N–H and O–H groups in total. The molecule has 0 atom stereocenters. The second-order valence-corrected chi connectivity index (χ2v) is 6.63. The average molecular weight is 355 g/mol. The van der Waals surface area contributed by atoms with E-state index in [9.17, 15) is 0 Å².